The Morgan fingerprint density at radius 1 is 1.00 bits per heavy atom. The molecule has 27 heavy (non-hydrogen) atoms. The second kappa shape index (κ2) is 6.87. The number of nitrogens with one attached hydrogen (secondary N) is 1. The minimum atomic E-state index is -0.230. The maximum atomic E-state index is 12.5. The fourth-order valence-corrected chi connectivity index (χ4v) is 2.87. The van der Waals surface area contributed by atoms with Crippen LogP contribution in [-0.4, -0.2) is 30.2 Å². The molecule has 0 saturated heterocycles. The molecule has 1 N–H and O–H groups in total. The zero-order chi connectivity index (χ0) is 18.8. The quantitative estimate of drug-likeness (QED) is 0.607. The van der Waals surface area contributed by atoms with Gasteiger partial charge in [0, 0.05) is 35.4 Å². The van der Waals surface area contributed by atoms with Gasteiger partial charge in [-0.1, -0.05) is 0 Å². The molecule has 4 aromatic rings. The van der Waals surface area contributed by atoms with Gasteiger partial charge in [0.15, 0.2) is 5.82 Å². The summed E-state index contributed by atoms with van der Waals surface area (Å²) in [7, 11) is 0. The lowest BCUT2D eigenvalue weighted by molar-refractivity contribution is 0.102. The SMILES string of the molecule is Cc1cc(C)n(-c2cc(NC(=O)c3ccc(-n4cccc4)cc3)ncn2)n1. The third kappa shape index (κ3) is 3.48. The molecule has 0 spiro atoms. The lowest BCUT2D eigenvalue weighted by atomic mass is 10.2. The largest absolute Gasteiger partial charge is 0.324 e. The number of hydrogen-bond donors (Lipinski definition) is 1. The van der Waals surface area contributed by atoms with E-state index in [-0.39, 0.29) is 5.91 Å². The minimum absolute atomic E-state index is 0.230. The summed E-state index contributed by atoms with van der Waals surface area (Å²) in [6, 6.07) is 14.9. The van der Waals surface area contributed by atoms with Crippen LogP contribution in [0.2, 0.25) is 0 Å². The number of benzene rings is 1. The summed E-state index contributed by atoms with van der Waals surface area (Å²) in [6.07, 6.45) is 5.32. The van der Waals surface area contributed by atoms with Gasteiger partial charge in [0.2, 0.25) is 0 Å². The van der Waals surface area contributed by atoms with Crippen LogP contribution in [0.15, 0.2) is 67.3 Å². The molecule has 0 radical (unpaired) electrons. The monoisotopic (exact) mass is 358 g/mol. The van der Waals surface area contributed by atoms with Crippen LogP contribution >= 0.6 is 0 Å². The van der Waals surface area contributed by atoms with Crippen molar-refractivity contribution in [1.29, 1.82) is 0 Å². The summed E-state index contributed by atoms with van der Waals surface area (Å²) in [5.41, 5.74) is 3.41. The van der Waals surface area contributed by atoms with Crippen molar-refractivity contribution in [3.8, 4) is 11.5 Å². The Morgan fingerprint density at radius 2 is 1.74 bits per heavy atom. The Kier molecular flexibility index (Phi) is 4.25. The number of carbonyl (C=O) groups excluding carboxylic acids is 1. The second-order valence-corrected chi connectivity index (χ2v) is 6.19. The number of amides is 1. The van der Waals surface area contributed by atoms with Crippen molar-refractivity contribution in [2.75, 3.05) is 5.32 Å². The van der Waals surface area contributed by atoms with Gasteiger partial charge in [-0.25, -0.2) is 14.6 Å². The maximum absolute atomic E-state index is 12.5. The van der Waals surface area contributed by atoms with E-state index in [0.717, 1.165) is 17.1 Å². The van der Waals surface area contributed by atoms with Crippen LogP contribution in [0.1, 0.15) is 21.7 Å². The van der Waals surface area contributed by atoms with E-state index < -0.39 is 0 Å². The van der Waals surface area contributed by atoms with E-state index >= 15 is 0 Å². The first-order valence-electron chi connectivity index (χ1n) is 8.50. The molecule has 0 aliphatic heterocycles. The maximum Gasteiger partial charge on any atom is 0.256 e. The van der Waals surface area contributed by atoms with Crippen molar-refractivity contribution < 1.29 is 4.79 Å². The minimum Gasteiger partial charge on any atom is -0.324 e. The standard InChI is InChI=1S/C20H18N6O/c1-14-11-15(2)26(24-14)19-12-18(21-13-22-19)23-20(27)16-5-7-17(8-6-16)25-9-3-4-10-25/h3-13H,1-2H3,(H,21,22,23,27). The molecule has 0 saturated carbocycles. The molecule has 7 nitrogen and oxygen atoms in total. The van der Waals surface area contributed by atoms with Crippen molar-refractivity contribution in [2.45, 2.75) is 13.8 Å². The first-order valence-corrected chi connectivity index (χ1v) is 8.50. The van der Waals surface area contributed by atoms with Gasteiger partial charge >= 0.3 is 0 Å². The average Bonchev–Trinajstić information content (AvgIpc) is 3.32. The Balaban J connectivity index is 1.53. The summed E-state index contributed by atoms with van der Waals surface area (Å²) in [4.78, 5) is 20.9. The van der Waals surface area contributed by atoms with Gasteiger partial charge in [0.25, 0.3) is 5.91 Å². The van der Waals surface area contributed by atoms with E-state index in [9.17, 15) is 4.79 Å². The zero-order valence-corrected chi connectivity index (χ0v) is 15.0. The van der Waals surface area contributed by atoms with Crippen LogP contribution in [0.3, 0.4) is 0 Å². The van der Waals surface area contributed by atoms with Crippen LogP contribution in [-0.2, 0) is 0 Å². The molecule has 134 valence electrons. The number of hydrogen-bond acceptors (Lipinski definition) is 4. The first kappa shape index (κ1) is 16.7. The third-order valence-electron chi connectivity index (χ3n) is 4.15. The summed E-state index contributed by atoms with van der Waals surface area (Å²) in [6.45, 7) is 3.87. The summed E-state index contributed by atoms with van der Waals surface area (Å²) >= 11 is 0. The molecule has 0 aliphatic rings. The average molecular weight is 358 g/mol. The highest BCUT2D eigenvalue weighted by molar-refractivity contribution is 6.03. The molecule has 0 atom stereocenters. The van der Waals surface area contributed by atoms with E-state index in [1.165, 1.54) is 6.33 Å². The number of aromatic nitrogens is 5. The second-order valence-electron chi connectivity index (χ2n) is 6.19. The molecule has 4 rings (SSSR count). The molecule has 3 aromatic heterocycles. The predicted octanol–water partition coefficient (Wildman–Crippen LogP) is 3.32. The van der Waals surface area contributed by atoms with E-state index in [0.29, 0.717) is 17.2 Å². The molecule has 0 bridgehead atoms. The lowest BCUT2D eigenvalue weighted by Crippen LogP contribution is -2.14. The Morgan fingerprint density at radius 3 is 2.41 bits per heavy atom. The van der Waals surface area contributed by atoms with Crippen molar-refractivity contribution >= 4 is 11.7 Å². The number of aryl methyl sites for hydroxylation is 2. The Bertz CT molecular complexity index is 1080. The molecule has 0 fully saturated rings. The van der Waals surface area contributed by atoms with E-state index in [4.69, 9.17) is 0 Å². The number of nitrogens with zero attached hydrogens (tertiary/aromatic N) is 5. The van der Waals surface area contributed by atoms with Gasteiger partial charge in [-0.15, -0.1) is 0 Å². The van der Waals surface area contributed by atoms with Crippen LogP contribution < -0.4 is 5.32 Å². The predicted molar refractivity (Wildman–Crippen MR) is 102 cm³/mol. The Hall–Kier alpha value is -3.74. The number of carbonyl (C=O) groups is 1. The molecule has 3 heterocycles. The van der Waals surface area contributed by atoms with Crippen LogP contribution in [0.25, 0.3) is 11.5 Å². The lowest BCUT2D eigenvalue weighted by Gasteiger charge is -2.08. The molecule has 0 aliphatic carbocycles. The summed E-state index contributed by atoms with van der Waals surface area (Å²) in [5.74, 6) is 0.799. The van der Waals surface area contributed by atoms with Gasteiger partial charge in [-0.3, -0.25) is 4.79 Å². The molecule has 1 aromatic carbocycles. The van der Waals surface area contributed by atoms with E-state index in [2.05, 4.69) is 20.4 Å². The van der Waals surface area contributed by atoms with Gasteiger partial charge in [-0.05, 0) is 56.3 Å². The topological polar surface area (TPSA) is 77.6 Å². The van der Waals surface area contributed by atoms with Gasteiger partial charge < -0.3 is 9.88 Å². The van der Waals surface area contributed by atoms with Crippen LogP contribution in [0.4, 0.5) is 5.82 Å². The molecular formula is C20H18N6O. The van der Waals surface area contributed by atoms with Gasteiger partial charge in [0.1, 0.15) is 12.1 Å². The Labute approximate surface area is 156 Å². The van der Waals surface area contributed by atoms with Crippen LogP contribution in [0, 0.1) is 13.8 Å². The highest BCUT2D eigenvalue weighted by Gasteiger charge is 2.10. The highest BCUT2D eigenvalue weighted by atomic mass is 16.1. The van der Waals surface area contributed by atoms with Crippen LogP contribution in [0.5, 0.6) is 0 Å². The van der Waals surface area contributed by atoms with E-state index in [1.807, 2.05) is 61.1 Å². The summed E-state index contributed by atoms with van der Waals surface area (Å²) < 4.78 is 3.70. The fourth-order valence-electron chi connectivity index (χ4n) is 2.87. The smallest absolute Gasteiger partial charge is 0.256 e. The normalized spacial score (nSPS) is 10.7. The number of rotatable bonds is 4. The fraction of sp³-hybridized carbons (Fsp3) is 0.100. The molecule has 1 amide bonds. The van der Waals surface area contributed by atoms with Crippen molar-refractivity contribution in [1.82, 2.24) is 24.3 Å². The van der Waals surface area contributed by atoms with Crippen molar-refractivity contribution in [3.63, 3.8) is 0 Å². The highest BCUT2D eigenvalue weighted by Crippen LogP contribution is 2.14. The number of anilines is 1. The molecule has 0 unspecified atom stereocenters. The van der Waals surface area contributed by atoms with Gasteiger partial charge in [-0.2, -0.15) is 5.10 Å². The molecular weight excluding hydrogens is 340 g/mol. The van der Waals surface area contributed by atoms with Crippen molar-refractivity contribution in [3.05, 3.63) is 84.2 Å². The first-order chi connectivity index (χ1) is 13.1. The van der Waals surface area contributed by atoms with E-state index in [1.54, 1.807) is 22.9 Å². The molecule has 7 heteroatoms. The van der Waals surface area contributed by atoms with Gasteiger partial charge in [0.05, 0.1) is 5.69 Å². The van der Waals surface area contributed by atoms with Crippen molar-refractivity contribution in [2.24, 2.45) is 0 Å². The zero-order valence-electron chi connectivity index (χ0n) is 15.0. The summed E-state index contributed by atoms with van der Waals surface area (Å²) in [5, 5.41) is 7.22. The third-order valence-corrected chi connectivity index (χ3v) is 4.15.